The van der Waals surface area contributed by atoms with Crippen molar-refractivity contribution in [2.75, 3.05) is 4.90 Å². The van der Waals surface area contributed by atoms with Gasteiger partial charge in [0.1, 0.15) is 0 Å². The monoisotopic (exact) mass is 416 g/mol. The number of hydrogen-bond acceptors (Lipinski definition) is 5. The lowest BCUT2D eigenvalue weighted by Gasteiger charge is -2.28. The summed E-state index contributed by atoms with van der Waals surface area (Å²) in [5, 5.41) is 0.391. The van der Waals surface area contributed by atoms with Crippen LogP contribution in [0.5, 0.6) is 0 Å². The van der Waals surface area contributed by atoms with Crippen molar-refractivity contribution in [2.45, 2.75) is 26.3 Å². The SMILES string of the molecule is C/C1=C/c2ccccc2N(C(=O)CCC(=O)ON2C(=O)C=CC2=O)Cc2ccccc21. The molecule has 2 aliphatic heterocycles. The average molecular weight is 416 g/mol. The molecule has 0 bridgehead atoms. The van der Waals surface area contributed by atoms with Crippen molar-refractivity contribution in [1.29, 1.82) is 0 Å². The molecule has 0 aromatic heterocycles. The van der Waals surface area contributed by atoms with Crippen LogP contribution in [0.15, 0.2) is 60.7 Å². The molecule has 0 unspecified atom stereocenters. The molecule has 0 spiro atoms. The summed E-state index contributed by atoms with van der Waals surface area (Å²) in [4.78, 5) is 54.7. The van der Waals surface area contributed by atoms with Crippen molar-refractivity contribution in [3.05, 3.63) is 77.4 Å². The molecular formula is C24H20N2O5. The first-order chi connectivity index (χ1) is 14.9. The zero-order valence-corrected chi connectivity index (χ0v) is 16.9. The second-order valence-corrected chi connectivity index (χ2v) is 7.29. The van der Waals surface area contributed by atoms with Gasteiger partial charge < -0.3 is 9.74 Å². The van der Waals surface area contributed by atoms with E-state index >= 15 is 0 Å². The van der Waals surface area contributed by atoms with Gasteiger partial charge in [0.05, 0.1) is 18.7 Å². The summed E-state index contributed by atoms with van der Waals surface area (Å²) >= 11 is 0. The van der Waals surface area contributed by atoms with E-state index in [4.69, 9.17) is 4.84 Å². The minimum Gasteiger partial charge on any atom is -0.330 e. The van der Waals surface area contributed by atoms with E-state index in [1.165, 1.54) is 0 Å². The van der Waals surface area contributed by atoms with Gasteiger partial charge in [0, 0.05) is 18.6 Å². The molecule has 4 rings (SSSR count). The second-order valence-electron chi connectivity index (χ2n) is 7.29. The average Bonchev–Trinajstić information content (AvgIpc) is 3.07. The van der Waals surface area contributed by atoms with E-state index in [1.54, 1.807) is 4.90 Å². The fraction of sp³-hybridized carbons (Fsp3) is 0.167. The van der Waals surface area contributed by atoms with Crippen LogP contribution >= 0.6 is 0 Å². The summed E-state index contributed by atoms with van der Waals surface area (Å²) in [6, 6.07) is 15.5. The molecule has 3 amide bonds. The zero-order chi connectivity index (χ0) is 22.0. The molecule has 31 heavy (non-hydrogen) atoms. The Morgan fingerprint density at radius 2 is 1.61 bits per heavy atom. The van der Waals surface area contributed by atoms with Gasteiger partial charge in [0.25, 0.3) is 11.8 Å². The first kappa shape index (κ1) is 20.3. The van der Waals surface area contributed by atoms with E-state index in [0.29, 0.717) is 11.6 Å². The zero-order valence-electron chi connectivity index (χ0n) is 16.9. The molecule has 0 saturated carbocycles. The Morgan fingerprint density at radius 3 is 2.39 bits per heavy atom. The number of hydrogen-bond donors (Lipinski definition) is 0. The van der Waals surface area contributed by atoms with E-state index in [1.807, 2.05) is 61.5 Å². The van der Waals surface area contributed by atoms with Crippen LogP contribution in [0, 0.1) is 0 Å². The maximum atomic E-state index is 13.1. The summed E-state index contributed by atoms with van der Waals surface area (Å²) in [5.74, 6) is -2.53. The molecule has 0 radical (unpaired) electrons. The highest BCUT2D eigenvalue weighted by Crippen LogP contribution is 2.32. The predicted octanol–water partition coefficient (Wildman–Crippen LogP) is 3.26. The van der Waals surface area contributed by atoms with Crippen molar-refractivity contribution in [1.82, 2.24) is 5.06 Å². The lowest BCUT2D eigenvalue weighted by Crippen LogP contribution is -2.34. The van der Waals surface area contributed by atoms with Crippen LogP contribution in [0.3, 0.4) is 0 Å². The van der Waals surface area contributed by atoms with Crippen molar-refractivity contribution in [2.24, 2.45) is 0 Å². The highest BCUT2D eigenvalue weighted by molar-refractivity contribution is 6.12. The number of carbonyl (C=O) groups excluding carboxylic acids is 4. The van der Waals surface area contributed by atoms with Gasteiger partial charge in [-0.25, -0.2) is 4.79 Å². The van der Waals surface area contributed by atoms with E-state index in [0.717, 1.165) is 40.1 Å². The molecule has 7 nitrogen and oxygen atoms in total. The number of imide groups is 1. The van der Waals surface area contributed by atoms with Gasteiger partial charge in [-0.1, -0.05) is 47.5 Å². The van der Waals surface area contributed by atoms with Crippen molar-refractivity contribution >= 4 is 41.0 Å². The van der Waals surface area contributed by atoms with Crippen molar-refractivity contribution in [3.63, 3.8) is 0 Å². The fourth-order valence-electron chi connectivity index (χ4n) is 3.66. The van der Waals surface area contributed by atoms with Crippen LogP contribution in [-0.2, 0) is 30.6 Å². The van der Waals surface area contributed by atoms with Gasteiger partial charge in [-0.2, -0.15) is 0 Å². The first-order valence-corrected chi connectivity index (χ1v) is 9.87. The number of hydroxylamine groups is 2. The van der Waals surface area contributed by atoms with Crippen molar-refractivity contribution < 1.29 is 24.0 Å². The van der Waals surface area contributed by atoms with Crippen LogP contribution in [0.1, 0.15) is 36.5 Å². The van der Waals surface area contributed by atoms with Crippen molar-refractivity contribution in [3.8, 4) is 0 Å². The van der Waals surface area contributed by atoms with Crippen LogP contribution in [0.2, 0.25) is 0 Å². The molecule has 7 heteroatoms. The molecule has 0 fully saturated rings. The Balaban J connectivity index is 1.53. The van der Waals surface area contributed by atoms with Gasteiger partial charge in [0.2, 0.25) is 5.91 Å². The van der Waals surface area contributed by atoms with E-state index in [2.05, 4.69) is 0 Å². The molecule has 156 valence electrons. The summed E-state index contributed by atoms with van der Waals surface area (Å²) < 4.78 is 0. The Bertz CT molecular complexity index is 1130. The normalized spacial score (nSPS) is 16.7. The van der Waals surface area contributed by atoms with E-state index in [-0.39, 0.29) is 18.7 Å². The maximum Gasteiger partial charge on any atom is 0.333 e. The summed E-state index contributed by atoms with van der Waals surface area (Å²) in [6.07, 6.45) is 3.70. The minimum atomic E-state index is -0.824. The Labute approximate surface area is 179 Å². The molecule has 2 heterocycles. The first-order valence-electron chi connectivity index (χ1n) is 9.87. The number of benzene rings is 2. The molecule has 0 saturated heterocycles. The van der Waals surface area contributed by atoms with Gasteiger partial charge in [0.15, 0.2) is 0 Å². The topological polar surface area (TPSA) is 84.0 Å². The Morgan fingerprint density at radius 1 is 0.935 bits per heavy atom. The minimum absolute atomic E-state index is 0.123. The third-order valence-corrected chi connectivity index (χ3v) is 5.18. The maximum absolute atomic E-state index is 13.1. The molecule has 2 aliphatic rings. The number of para-hydroxylation sites is 1. The molecule has 0 aliphatic carbocycles. The van der Waals surface area contributed by atoms with Gasteiger partial charge >= 0.3 is 5.97 Å². The summed E-state index contributed by atoms with van der Waals surface area (Å²) in [5.41, 5.74) is 4.83. The Kier molecular flexibility index (Phi) is 5.49. The standard InChI is InChI=1S/C24H20N2O5/c1-16-14-17-6-3-5-9-20(17)25(15-18-7-2-4-8-19(16)18)21(27)12-13-24(30)31-26-22(28)10-11-23(26)29/h2-11,14H,12-13,15H2,1H3/b16-14-. The highest BCUT2D eigenvalue weighted by Gasteiger charge is 2.29. The number of rotatable bonds is 4. The van der Waals surface area contributed by atoms with Gasteiger partial charge in [-0.3, -0.25) is 14.4 Å². The lowest BCUT2D eigenvalue weighted by molar-refractivity contribution is -0.196. The number of allylic oxidation sites excluding steroid dienone is 1. The van der Waals surface area contributed by atoms with Crippen LogP contribution in [-0.4, -0.2) is 28.8 Å². The predicted molar refractivity (Wildman–Crippen MR) is 114 cm³/mol. The number of nitrogens with zero attached hydrogens (tertiary/aromatic N) is 2. The summed E-state index contributed by atoms with van der Waals surface area (Å²) in [7, 11) is 0. The Hall–Kier alpha value is -4.00. The number of amides is 3. The van der Waals surface area contributed by atoms with E-state index < -0.39 is 17.8 Å². The number of anilines is 1. The third kappa shape index (κ3) is 4.16. The fourth-order valence-corrected chi connectivity index (χ4v) is 3.66. The van der Waals surface area contributed by atoms with Crippen LogP contribution < -0.4 is 4.90 Å². The smallest absolute Gasteiger partial charge is 0.330 e. The van der Waals surface area contributed by atoms with Crippen LogP contribution in [0.25, 0.3) is 11.6 Å². The molecule has 2 aromatic carbocycles. The van der Waals surface area contributed by atoms with Crippen LogP contribution in [0.4, 0.5) is 5.69 Å². The second kappa shape index (κ2) is 8.39. The lowest BCUT2D eigenvalue weighted by atomic mass is 9.95. The number of fused-ring (bicyclic) bond motifs is 2. The molecule has 0 atom stereocenters. The largest absolute Gasteiger partial charge is 0.333 e. The van der Waals surface area contributed by atoms with Gasteiger partial charge in [-0.05, 0) is 41.3 Å². The molecule has 0 N–H and O–H groups in total. The summed E-state index contributed by atoms with van der Waals surface area (Å²) in [6.45, 7) is 2.40. The number of carbonyl (C=O) groups is 4. The van der Waals surface area contributed by atoms with Gasteiger partial charge in [-0.15, -0.1) is 0 Å². The molecular weight excluding hydrogens is 396 g/mol. The third-order valence-electron chi connectivity index (χ3n) is 5.18. The quantitative estimate of drug-likeness (QED) is 0.715. The molecule has 2 aromatic rings. The van der Waals surface area contributed by atoms with E-state index in [9.17, 15) is 19.2 Å². The highest BCUT2D eigenvalue weighted by atomic mass is 16.7.